The van der Waals surface area contributed by atoms with E-state index in [1.54, 1.807) is 11.3 Å². The summed E-state index contributed by atoms with van der Waals surface area (Å²) in [6.07, 6.45) is 0. The maximum atomic E-state index is 8.58. The summed E-state index contributed by atoms with van der Waals surface area (Å²) in [7, 11) is 0. The van der Waals surface area contributed by atoms with Gasteiger partial charge in [-0.15, -0.1) is 11.3 Å². The molecule has 8 aromatic rings. The second-order valence-corrected chi connectivity index (χ2v) is 15.7. The number of para-hydroxylation sites is 1. The molecule has 0 atom stereocenters. The average Bonchev–Trinajstić information content (AvgIpc) is 3.67. The maximum absolute atomic E-state index is 8.58. The molecule has 0 radical (unpaired) electrons. The monoisotopic (exact) mass is 664 g/mol. The lowest BCUT2D eigenvalue weighted by atomic mass is 9.72. The lowest BCUT2D eigenvalue weighted by molar-refractivity contribution is 0.632. The number of benzene rings is 7. The third-order valence-corrected chi connectivity index (χ3v) is 12.3. The lowest BCUT2D eigenvalue weighted by Crippen LogP contribution is -2.30. The van der Waals surface area contributed by atoms with E-state index in [4.69, 9.17) is 6.85 Å². The molecule has 1 nitrogen and oxygen atoms in total. The van der Waals surface area contributed by atoms with Gasteiger partial charge in [-0.1, -0.05) is 125 Å². The van der Waals surface area contributed by atoms with Crippen LogP contribution in [-0.2, 0) is 10.8 Å². The first-order valence-corrected chi connectivity index (χ1v) is 18.0. The summed E-state index contributed by atoms with van der Waals surface area (Å²) >= 11 is 1.70. The van der Waals surface area contributed by atoms with E-state index in [2.05, 4.69) is 136 Å². The number of hydrogen-bond acceptors (Lipinski definition) is 2. The molecule has 10 rings (SSSR count). The van der Waals surface area contributed by atoms with E-state index in [1.807, 2.05) is 18.2 Å². The van der Waals surface area contributed by atoms with E-state index in [0.717, 1.165) is 37.0 Å². The Balaban J connectivity index is 1.11. The zero-order valence-corrected chi connectivity index (χ0v) is 29.2. The molecule has 1 aromatic heterocycles. The summed E-state index contributed by atoms with van der Waals surface area (Å²) in [5.41, 5.74) is 14.1. The van der Waals surface area contributed by atoms with Crippen LogP contribution in [0.3, 0.4) is 0 Å². The molecule has 240 valence electrons. The summed E-state index contributed by atoms with van der Waals surface area (Å²) in [6, 6.07) is 42.5. The van der Waals surface area contributed by atoms with Crippen LogP contribution in [0.1, 0.15) is 56.8 Å². The van der Waals surface area contributed by atoms with Gasteiger partial charge in [0.25, 0.3) is 0 Å². The Hall–Kier alpha value is -5.44. The Morgan fingerprint density at radius 3 is 1.82 bits per heavy atom. The Kier molecular flexibility index (Phi) is 5.19. The van der Waals surface area contributed by atoms with Crippen molar-refractivity contribution in [3.05, 3.63) is 174 Å². The molecular weight excluding hydrogens is 623 g/mol. The largest absolute Gasteiger partial charge is 0.310 e. The second-order valence-electron chi connectivity index (χ2n) is 14.6. The Bertz CT molecular complexity index is 2930. The topological polar surface area (TPSA) is 3.24 Å². The van der Waals surface area contributed by atoms with Gasteiger partial charge in [0.05, 0.1) is 18.2 Å². The van der Waals surface area contributed by atoms with Crippen molar-refractivity contribution in [2.24, 2.45) is 0 Å². The van der Waals surface area contributed by atoms with Crippen molar-refractivity contribution in [1.82, 2.24) is 0 Å². The molecule has 2 aliphatic rings. The van der Waals surface area contributed by atoms with Crippen LogP contribution in [0.4, 0.5) is 17.1 Å². The molecule has 50 heavy (non-hydrogen) atoms. The minimum Gasteiger partial charge on any atom is -0.310 e. The molecule has 1 aliphatic heterocycles. The zero-order chi connectivity index (χ0) is 38.1. The fraction of sp³-hybridized carbons (Fsp3) is 0.125. The first-order valence-electron chi connectivity index (χ1n) is 19.7. The van der Waals surface area contributed by atoms with Crippen LogP contribution in [0, 0.1) is 0 Å². The fourth-order valence-corrected chi connectivity index (χ4v) is 9.57. The first-order chi connectivity index (χ1) is 26.4. The quantitative estimate of drug-likeness (QED) is 0.182. The molecule has 7 aromatic carbocycles. The number of thiophene rings is 1. The predicted octanol–water partition coefficient (Wildman–Crippen LogP) is 13.8. The normalized spacial score (nSPS) is 16.5. The van der Waals surface area contributed by atoms with Crippen molar-refractivity contribution in [1.29, 1.82) is 0 Å². The Labute approximate surface area is 305 Å². The summed E-state index contributed by atoms with van der Waals surface area (Å²) in [6.45, 7) is 9.31. The Morgan fingerprint density at radius 1 is 0.480 bits per heavy atom. The molecule has 0 saturated carbocycles. The van der Waals surface area contributed by atoms with Crippen LogP contribution in [0.25, 0.3) is 53.6 Å². The highest BCUT2D eigenvalue weighted by Crippen LogP contribution is 2.55. The van der Waals surface area contributed by atoms with Gasteiger partial charge in [0.15, 0.2) is 0 Å². The maximum Gasteiger partial charge on any atom is 0.0629 e. The van der Waals surface area contributed by atoms with Gasteiger partial charge in [0.2, 0.25) is 0 Å². The van der Waals surface area contributed by atoms with Crippen molar-refractivity contribution >= 4 is 48.6 Å². The number of anilines is 3. The van der Waals surface area contributed by atoms with Crippen molar-refractivity contribution in [3.63, 3.8) is 0 Å². The molecular formula is C48H37NS. The summed E-state index contributed by atoms with van der Waals surface area (Å²) in [4.78, 5) is 2.44. The molecule has 0 fully saturated rings. The van der Waals surface area contributed by atoms with E-state index in [0.29, 0.717) is 5.56 Å². The summed E-state index contributed by atoms with van der Waals surface area (Å²) in [5.74, 6) is 0. The van der Waals surface area contributed by atoms with Gasteiger partial charge in [-0.3, -0.25) is 0 Å². The van der Waals surface area contributed by atoms with Crippen molar-refractivity contribution in [3.8, 4) is 33.4 Å². The third-order valence-electron chi connectivity index (χ3n) is 11.1. The minimum atomic E-state index is -0.382. The van der Waals surface area contributed by atoms with Gasteiger partial charge < -0.3 is 4.90 Å². The van der Waals surface area contributed by atoms with E-state index in [1.165, 1.54) is 44.8 Å². The van der Waals surface area contributed by atoms with Crippen molar-refractivity contribution in [2.75, 3.05) is 4.90 Å². The van der Waals surface area contributed by atoms with E-state index >= 15 is 0 Å². The highest BCUT2D eigenvalue weighted by atomic mass is 32.1. The molecule has 0 unspecified atom stereocenters. The van der Waals surface area contributed by atoms with Gasteiger partial charge in [0.1, 0.15) is 0 Å². The number of hydrogen-bond donors (Lipinski definition) is 0. The first kappa shape index (κ1) is 24.7. The highest BCUT2D eigenvalue weighted by Gasteiger charge is 2.39. The molecule has 2 heterocycles. The van der Waals surface area contributed by atoms with Crippen LogP contribution < -0.4 is 4.90 Å². The van der Waals surface area contributed by atoms with Crippen molar-refractivity contribution in [2.45, 2.75) is 38.5 Å². The molecule has 2 heteroatoms. The standard InChI is InChI=1S/C48H37NS/c1-47(2)39-15-9-8-14-35(39)36-22-21-34(29-41(36)47)49-43-17-11-10-16-40(43)48(3,4)42-28-33(18-23-44(42)49)32-20-25-46-38(27-32)37-26-31(19-24-45(37)50-46)30-12-6-5-7-13-30/h5-29H,1-4H3/i5D,6D,7D,12D,13D. The van der Waals surface area contributed by atoms with Gasteiger partial charge in [0, 0.05) is 36.7 Å². The molecule has 0 saturated heterocycles. The summed E-state index contributed by atoms with van der Waals surface area (Å²) < 4.78 is 43.9. The molecule has 0 bridgehead atoms. The molecule has 0 amide bonds. The fourth-order valence-electron chi connectivity index (χ4n) is 8.50. The summed E-state index contributed by atoms with van der Waals surface area (Å²) in [5, 5.41) is 2.09. The second kappa shape index (κ2) is 10.5. The minimum absolute atomic E-state index is 0.108. The Morgan fingerprint density at radius 2 is 1.06 bits per heavy atom. The number of rotatable bonds is 3. The molecule has 0 spiro atoms. The molecule has 0 N–H and O–H groups in total. The number of nitrogens with zero attached hydrogens (tertiary/aromatic N) is 1. The average molecular weight is 665 g/mol. The van der Waals surface area contributed by atoms with Gasteiger partial charge in [-0.2, -0.15) is 0 Å². The van der Waals surface area contributed by atoms with Crippen LogP contribution in [0.2, 0.25) is 0 Å². The van der Waals surface area contributed by atoms with E-state index < -0.39 is 0 Å². The van der Waals surface area contributed by atoms with E-state index in [9.17, 15) is 0 Å². The van der Waals surface area contributed by atoms with Crippen LogP contribution in [0.5, 0.6) is 0 Å². The van der Waals surface area contributed by atoms with Gasteiger partial charge in [-0.05, 0) is 110 Å². The van der Waals surface area contributed by atoms with Crippen LogP contribution in [0.15, 0.2) is 152 Å². The SMILES string of the molecule is [2H]c1c([2H])c([2H])c(-c2ccc3sc4ccc(-c5ccc6c(c5)C(C)(C)c5ccccc5N6c5ccc6c(c5)C(C)(C)c5ccccc5-6)cc4c3c2)c([2H])c1[2H]. The molecule has 1 aliphatic carbocycles. The highest BCUT2D eigenvalue weighted by molar-refractivity contribution is 7.25. The van der Waals surface area contributed by atoms with E-state index in [-0.39, 0.29) is 46.6 Å². The van der Waals surface area contributed by atoms with Gasteiger partial charge >= 0.3 is 0 Å². The third kappa shape index (κ3) is 4.18. The van der Waals surface area contributed by atoms with Gasteiger partial charge in [-0.25, -0.2) is 0 Å². The van der Waals surface area contributed by atoms with Crippen molar-refractivity contribution < 1.29 is 6.85 Å². The van der Waals surface area contributed by atoms with Crippen LogP contribution in [-0.4, -0.2) is 0 Å². The lowest BCUT2D eigenvalue weighted by Gasteiger charge is -2.42. The predicted molar refractivity (Wildman–Crippen MR) is 215 cm³/mol. The number of fused-ring (bicyclic) bond motifs is 8. The zero-order valence-electron chi connectivity index (χ0n) is 33.4. The smallest absolute Gasteiger partial charge is 0.0629 e. The van der Waals surface area contributed by atoms with Crippen LogP contribution >= 0.6 is 11.3 Å².